The van der Waals surface area contributed by atoms with Gasteiger partial charge in [0.25, 0.3) is 5.91 Å². The summed E-state index contributed by atoms with van der Waals surface area (Å²) in [5, 5.41) is 0. The minimum atomic E-state index is 0.195. The lowest BCUT2D eigenvalue weighted by atomic mass is 9.84. The molecule has 1 aliphatic carbocycles. The summed E-state index contributed by atoms with van der Waals surface area (Å²) in [7, 11) is 0. The van der Waals surface area contributed by atoms with Gasteiger partial charge >= 0.3 is 0 Å². The number of carbonyl (C=O) groups is 1. The van der Waals surface area contributed by atoms with E-state index in [1.807, 2.05) is 23.2 Å². The van der Waals surface area contributed by atoms with Crippen molar-refractivity contribution in [3.05, 3.63) is 39.6 Å². The minimum Gasteiger partial charge on any atom is -0.336 e. The number of thiophene rings is 1. The average Bonchev–Trinajstić information content (AvgIpc) is 3.12. The minimum absolute atomic E-state index is 0.195. The number of hydrogen-bond donors (Lipinski definition) is 0. The fourth-order valence-electron chi connectivity index (χ4n) is 3.96. The van der Waals surface area contributed by atoms with Crippen LogP contribution in [-0.4, -0.2) is 33.4 Å². The second kappa shape index (κ2) is 6.36. The summed E-state index contributed by atoms with van der Waals surface area (Å²) in [6.07, 6.45) is 8.08. The zero-order valence-corrected chi connectivity index (χ0v) is 15.3. The third kappa shape index (κ3) is 2.79. The first kappa shape index (κ1) is 15.9. The quantitative estimate of drug-likeness (QED) is 0.833. The number of rotatable bonds is 3. The molecule has 2 aromatic heterocycles. The van der Waals surface area contributed by atoms with Gasteiger partial charge in [0.05, 0.1) is 10.9 Å². The second-order valence-corrected chi connectivity index (χ2v) is 8.50. The van der Waals surface area contributed by atoms with Crippen LogP contribution in [0.5, 0.6) is 0 Å². The molecule has 1 atom stereocenters. The predicted molar refractivity (Wildman–Crippen MR) is 96.8 cm³/mol. The monoisotopic (exact) mass is 343 g/mol. The number of aromatic nitrogens is 2. The molecule has 2 fully saturated rings. The van der Waals surface area contributed by atoms with Crippen molar-refractivity contribution in [1.29, 1.82) is 0 Å². The molecule has 2 aliphatic rings. The van der Waals surface area contributed by atoms with Gasteiger partial charge in [-0.05, 0) is 51.7 Å². The van der Waals surface area contributed by atoms with Gasteiger partial charge in [0, 0.05) is 35.8 Å². The lowest BCUT2D eigenvalue weighted by Crippen LogP contribution is -2.41. The molecule has 0 bridgehead atoms. The Bertz CT molecular complexity index is 744. The van der Waals surface area contributed by atoms with Gasteiger partial charge in [-0.15, -0.1) is 11.3 Å². The molecule has 5 heteroatoms. The van der Waals surface area contributed by atoms with Crippen molar-refractivity contribution in [3.8, 4) is 0 Å². The van der Waals surface area contributed by atoms with Crippen LogP contribution >= 0.6 is 11.3 Å². The Morgan fingerprint density at radius 2 is 2.04 bits per heavy atom. The van der Waals surface area contributed by atoms with Gasteiger partial charge in [0.2, 0.25) is 0 Å². The molecule has 0 N–H and O–H groups in total. The summed E-state index contributed by atoms with van der Waals surface area (Å²) in [6.45, 7) is 5.89. The van der Waals surface area contributed by atoms with Crippen molar-refractivity contribution in [2.75, 3.05) is 13.1 Å². The molecular formula is C19H25N3OS. The van der Waals surface area contributed by atoms with Crippen LogP contribution in [0.2, 0.25) is 0 Å². The first-order valence-corrected chi connectivity index (χ1v) is 9.84. The Labute approximate surface area is 147 Å². The van der Waals surface area contributed by atoms with E-state index in [2.05, 4.69) is 18.4 Å². The Morgan fingerprint density at radius 1 is 1.21 bits per heavy atom. The molecule has 1 amide bonds. The van der Waals surface area contributed by atoms with Crippen LogP contribution in [0.3, 0.4) is 0 Å². The number of hydrogen-bond acceptors (Lipinski definition) is 3. The molecule has 128 valence electrons. The third-order valence-electron chi connectivity index (χ3n) is 5.48. The number of nitrogens with zero attached hydrogens (tertiary/aromatic N) is 3. The maximum atomic E-state index is 12.8. The summed E-state index contributed by atoms with van der Waals surface area (Å²) in [5.74, 6) is 2.08. The summed E-state index contributed by atoms with van der Waals surface area (Å²) in [4.78, 5) is 21.6. The van der Waals surface area contributed by atoms with Gasteiger partial charge in [-0.1, -0.05) is 6.42 Å². The van der Waals surface area contributed by atoms with Crippen molar-refractivity contribution in [3.63, 3.8) is 0 Å². The molecule has 0 radical (unpaired) electrons. The van der Waals surface area contributed by atoms with Crippen LogP contribution in [0.15, 0.2) is 18.3 Å². The largest absolute Gasteiger partial charge is 0.336 e. The van der Waals surface area contributed by atoms with Crippen molar-refractivity contribution >= 4 is 17.2 Å². The number of carbonyl (C=O) groups excluding carboxylic acids is 1. The zero-order valence-electron chi connectivity index (χ0n) is 14.5. The Morgan fingerprint density at radius 3 is 2.71 bits per heavy atom. The molecule has 2 aromatic rings. The van der Waals surface area contributed by atoms with Gasteiger partial charge in [-0.3, -0.25) is 4.79 Å². The maximum Gasteiger partial charge on any atom is 0.263 e. The standard InChI is InChI=1S/C19H25N3OS/c1-13-11-20-18(15-5-3-6-15)22(13)16-7-4-10-21(12-16)19(23)17-9-8-14(2)24-17/h8-9,11,15-16H,3-7,10,12H2,1-2H3. The molecule has 0 aromatic carbocycles. The first-order valence-electron chi connectivity index (χ1n) is 9.03. The fourth-order valence-corrected chi connectivity index (χ4v) is 4.80. The van der Waals surface area contributed by atoms with E-state index in [4.69, 9.17) is 4.98 Å². The van der Waals surface area contributed by atoms with Crippen molar-refractivity contribution in [2.45, 2.75) is 57.9 Å². The lowest BCUT2D eigenvalue weighted by molar-refractivity contribution is 0.0680. The molecule has 3 heterocycles. The van der Waals surface area contributed by atoms with Gasteiger partial charge in [0.1, 0.15) is 5.82 Å². The summed E-state index contributed by atoms with van der Waals surface area (Å²) in [6, 6.07) is 4.38. The van der Waals surface area contributed by atoms with E-state index in [9.17, 15) is 4.79 Å². The third-order valence-corrected chi connectivity index (χ3v) is 6.47. The van der Waals surface area contributed by atoms with E-state index in [0.29, 0.717) is 12.0 Å². The summed E-state index contributed by atoms with van der Waals surface area (Å²) < 4.78 is 2.43. The molecule has 1 unspecified atom stereocenters. The van der Waals surface area contributed by atoms with Crippen LogP contribution in [0.1, 0.15) is 70.1 Å². The molecule has 1 saturated carbocycles. The lowest BCUT2D eigenvalue weighted by Gasteiger charge is -2.36. The summed E-state index contributed by atoms with van der Waals surface area (Å²) >= 11 is 1.60. The molecule has 4 nitrogen and oxygen atoms in total. The molecule has 0 spiro atoms. The van der Waals surface area contributed by atoms with Crippen LogP contribution in [0.25, 0.3) is 0 Å². The Kier molecular flexibility index (Phi) is 4.21. The highest BCUT2D eigenvalue weighted by atomic mass is 32.1. The van der Waals surface area contributed by atoms with Crippen LogP contribution in [0.4, 0.5) is 0 Å². The van der Waals surface area contributed by atoms with Crippen molar-refractivity contribution in [2.24, 2.45) is 0 Å². The van der Waals surface area contributed by atoms with E-state index in [1.54, 1.807) is 11.3 Å². The van der Waals surface area contributed by atoms with Gasteiger partial charge < -0.3 is 9.47 Å². The van der Waals surface area contributed by atoms with Gasteiger partial charge in [0.15, 0.2) is 0 Å². The first-order chi connectivity index (χ1) is 11.6. The van der Waals surface area contributed by atoms with Gasteiger partial charge in [-0.2, -0.15) is 0 Å². The molecule has 24 heavy (non-hydrogen) atoms. The normalized spacial score (nSPS) is 21.8. The van der Waals surface area contributed by atoms with E-state index < -0.39 is 0 Å². The topological polar surface area (TPSA) is 38.1 Å². The Hall–Kier alpha value is -1.62. The van der Waals surface area contributed by atoms with Gasteiger partial charge in [-0.25, -0.2) is 4.98 Å². The smallest absolute Gasteiger partial charge is 0.263 e. The molecular weight excluding hydrogens is 318 g/mol. The molecule has 1 saturated heterocycles. The zero-order chi connectivity index (χ0) is 16.7. The highest BCUT2D eigenvalue weighted by Gasteiger charge is 2.31. The predicted octanol–water partition coefficient (Wildman–Crippen LogP) is 4.31. The highest BCUT2D eigenvalue weighted by molar-refractivity contribution is 7.13. The van der Waals surface area contributed by atoms with Crippen molar-refractivity contribution < 1.29 is 4.79 Å². The second-order valence-electron chi connectivity index (χ2n) is 7.21. The SMILES string of the molecule is Cc1ccc(C(=O)N2CCCC(n3c(C)cnc3C3CCC3)C2)s1. The number of amides is 1. The number of likely N-dealkylation sites (tertiary alicyclic amines) is 1. The van der Waals surface area contributed by atoms with E-state index in [-0.39, 0.29) is 5.91 Å². The Balaban J connectivity index is 1.55. The average molecular weight is 343 g/mol. The maximum absolute atomic E-state index is 12.8. The van der Waals surface area contributed by atoms with Crippen LogP contribution < -0.4 is 0 Å². The number of aryl methyl sites for hydroxylation is 2. The van der Waals surface area contributed by atoms with Crippen LogP contribution in [0, 0.1) is 13.8 Å². The van der Waals surface area contributed by atoms with E-state index in [1.165, 1.54) is 35.7 Å². The van der Waals surface area contributed by atoms with Crippen molar-refractivity contribution in [1.82, 2.24) is 14.5 Å². The van der Waals surface area contributed by atoms with Crippen LogP contribution in [-0.2, 0) is 0 Å². The van der Waals surface area contributed by atoms with E-state index in [0.717, 1.165) is 30.8 Å². The fraction of sp³-hybridized carbons (Fsp3) is 0.579. The molecule has 1 aliphatic heterocycles. The highest BCUT2D eigenvalue weighted by Crippen LogP contribution is 2.38. The number of piperidine rings is 1. The van der Waals surface area contributed by atoms with E-state index >= 15 is 0 Å². The molecule has 4 rings (SSSR count). The number of imidazole rings is 1. The summed E-state index contributed by atoms with van der Waals surface area (Å²) in [5.41, 5.74) is 1.24.